The lowest BCUT2D eigenvalue weighted by Gasteiger charge is -2.12. The number of hydrogen-bond acceptors (Lipinski definition) is 4. The monoisotopic (exact) mass is 308 g/mol. The van der Waals surface area contributed by atoms with Crippen LogP contribution in [0.4, 0.5) is 0 Å². The van der Waals surface area contributed by atoms with Crippen molar-refractivity contribution in [3.63, 3.8) is 0 Å². The van der Waals surface area contributed by atoms with Crippen molar-refractivity contribution in [2.45, 2.75) is 31.8 Å². The van der Waals surface area contributed by atoms with Gasteiger partial charge in [0.05, 0.1) is 17.7 Å². The Labute approximate surface area is 125 Å². The third kappa shape index (κ3) is 3.93. The van der Waals surface area contributed by atoms with E-state index in [1.54, 1.807) is 24.3 Å². The van der Waals surface area contributed by atoms with Gasteiger partial charge < -0.3 is 9.73 Å². The summed E-state index contributed by atoms with van der Waals surface area (Å²) in [4.78, 5) is 0.310. The zero-order chi connectivity index (χ0) is 15.3. The zero-order valence-corrected chi connectivity index (χ0v) is 13.0. The largest absolute Gasteiger partial charge is 0.468 e. The Bertz CT molecular complexity index is 679. The summed E-state index contributed by atoms with van der Waals surface area (Å²) in [6, 6.07) is 8.78. The summed E-state index contributed by atoms with van der Waals surface area (Å²) in [5.41, 5.74) is 1.75. The number of rotatable bonds is 7. The van der Waals surface area contributed by atoms with Crippen LogP contribution in [-0.2, 0) is 23.1 Å². The first kappa shape index (κ1) is 15.8. The van der Waals surface area contributed by atoms with Crippen LogP contribution in [0.1, 0.15) is 23.8 Å². The molecule has 0 spiro atoms. The van der Waals surface area contributed by atoms with Gasteiger partial charge in [0.15, 0.2) is 0 Å². The van der Waals surface area contributed by atoms with Crippen molar-refractivity contribution in [1.82, 2.24) is 10.0 Å². The molecule has 5 nitrogen and oxygen atoms in total. The Morgan fingerprint density at radius 2 is 1.95 bits per heavy atom. The van der Waals surface area contributed by atoms with Gasteiger partial charge in [-0.3, -0.25) is 0 Å². The molecule has 0 atom stereocenters. The van der Waals surface area contributed by atoms with Crippen LogP contribution in [-0.4, -0.2) is 15.0 Å². The molecule has 2 N–H and O–H groups in total. The lowest BCUT2D eigenvalue weighted by atomic mass is 10.1. The van der Waals surface area contributed by atoms with E-state index >= 15 is 0 Å². The molecule has 2 rings (SSSR count). The highest BCUT2D eigenvalue weighted by molar-refractivity contribution is 7.89. The molecule has 1 aromatic heterocycles. The van der Waals surface area contributed by atoms with Crippen LogP contribution >= 0.6 is 0 Å². The summed E-state index contributed by atoms with van der Waals surface area (Å²) in [6.07, 6.45) is 1.52. The van der Waals surface area contributed by atoms with Crippen molar-refractivity contribution in [1.29, 1.82) is 0 Å². The Morgan fingerprint density at radius 3 is 2.62 bits per heavy atom. The molecule has 0 fully saturated rings. The molecule has 6 heteroatoms. The van der Waals surface area contributed by atoms with E-state index in [4.69, 9.17) is 4.42 Å². The molecular formula is C15H20N2O3S. The third-order valence-corrected chi connectivity index (χ3v) is 4.81. The van der Waals surface area contributed by atoms with Crippen LogP contribution in [0.2, 0.25) is 0 Å². The fraction of sp³-hybridized carbons (Fsp3) is 0.333. The highest BCUT2D eigenvalue weighted by atomic mass is 32.2. The first-order valence-corrected chi connectivity index (χ1v) is 8.34. The Balaban J connectivity index is 2.19. The van der Waals surface area contributed by atoms with Gasteiger partial charge in [-0.1, -0.05) is 19.1 Å². The van der Waals surface area contributed by atoms with Crippen LogP contribution in [0.3, 0.4) is 0 Å². The molecule has 0 bridgehead atoms. The van der Waals surface area contributed by atoms with Crippen molar-refractivity contribution in [2.24, 2.45) is 0 Å². The van der Waals surface area contributed by atoms with E-state index < -0.39 is 10.0 Å². The van der Waals surface area contributed by atoms with E-state index in [0.29, 0.717) is 17.2 Å². The average molecular weight is 308 g/mol. The summed E-state index contributed by atoms with van der Waals surface area (Å²) in [5, 5.41) is 3.21. The summed E-state index contributed by atoms with van der Waals surface area (Å²) in [6.45, 7) is 5.48. The highest BCUT2D eigenvalue weighted by Crippen LogP contribution is 2.19. The van der Waals surface area contributed by atoms with Gasteiger partial charge >= 0.3 is 0 Å². The second kappa shape index (κ2) is 6.89. The van der Waals surface area contributed by atoms with Gasteiger partial charge in [-0.05, 0) is 42.8 Å². The highest BCUT2D eigenvalue weighted by Gasteiger charge is 2.18. The molecule has 0 amide bonds. The summed E-state index contributed by atoms with van der Waals surface area (Å²) >= 11 is 0. The minimum absolute atomic E-state index is 0.145. The normalized spacial score (nSPS) is 11.7. The number of sulfonamides is 1. The lowest BCUT2D eigenvalue weighted by molar-refractivity contribution is 0.498. The molecule has 0 saturated heterocycles. The van der Waals surface area contributed by atoms with Crippen LogP contribution < -0.4 is 10.0 Å². The van der Waals surface area contributed by atoms with Gasteiger partial charge in [0.25, 0.3) is 0 Å². The topological polar surface area (TPSA) is 71.3 Å². The van der Waals surface area contributed by atoms with Crippen LogP contribution in [0.15, 0.2) is 45.9 Å². The van der Waals surface area contributed by atoms with E-state index in [2.05, 4.69) is 10.0 Å². The summed E-state index contributed by atoms with van der Waals surface area (Å²) in [5.74, 6) is 0.583. The molecular weight excluding hydrogens is 288 g/mol. The SMILES string of the molecule is CCNCc1cccc(S(=O)(=O)NCc2ccco2)c1C. The number of furan rings is 1. The first-order chi connectivity index (χ1) is 10.0. The molecule has 114 valence electrons. The molecule has 0 aliphatic heterocycles. The van der Waals surface area contributed by atoms with Crippen molar-refractivity contribution in [3.8, 4) is 0 Å². The van der Waals surface area contributed by atoms with E-state index in [1.807, 2.05) is 19.9 Å². The van der Waals surface area contributed by atoms with Crippen molar-refractivity contribution >= 4 is 10.0 Å². The fourth-order valence-electron chi connectivity index (χ4n) is 2.06. The molecule has 2 aromatic rings. The molecule has 0 aliphatic carbocycles. The second-order valence-electron chi connectivity index (χ2n) is 4.72. The molecule has 0 aliphatic rings. The van der Waals surface area contributed by atoms with E-state index in [-0.39, 0.29) is 6.54 Å². The minimum Gasteiger partial charge on any atom is -0.468 e. The molecule has 0 radical (unpaired) electrons. The molecule has 1 heterocycles. The van der Waals surface area contributed by atoms with Crippen LogP contribution in [0, 0.1) is 6.92 Å². The maximum atomic E-state index is 12.4. The van der Waals surface area contributed by atoms with Crippen molar-refractivity contribution in [2.75, 3.05) is 6.54 Å². The standard InChI is InChI=1S/C15H20N2O3S/c1-3-16-10-13-6-4-8-15(12(13)2)21(18,19)17-11-14-7-5-9-20-14/h4-9,16-17H,3,10-11H2,1-2H3. The fourth-order valence-corrected chi connectivity index (χ4v) is 3.34. The quantitative estimate of drug-likeness (QED) is 0.822. The average Bonchev–Trinajstić information content (AvgIpc) is 2.97. The maximum absolute atomic E-state index is 12.4. The Hall–Kier alpha value is -1.63. The van der Waals surface area contributed by atoms with Gasteiger partial charge in [0.1, 0.15) is 5.76 Å². The maximum Gasteiger partial charge on any atom is 0.241 e. The van der Waals surface area contributed by atoms with E-state index in [0.717, 1.165) is 17.7 Å². The predicted octanol–water partition coefficient (Wildman–Crippen LogP) is 2.18. The summed E-state index contributed by atoms with van der Waals surface area (Å²) in [7, 11) is -3.55. The number of hydrogen-bond donors (Lipinski definition) is 2. The van der Waals surface area contributed by atoms with Gasteiger partial charge in [0, 0.05) is 6.54 Å². The van der Waals surface area contributed by atoms with E-state index in [1.165, 1.54) is 6.26 Å². The Morgan fingerprint density at radius 1 is 1.14 bits per heavy atom. The van der Waals surface area contributed by atoms with Crippen molar-refractivity contribution in [3.05, 3.63) is 53.5 Å². The molecule has 21 heavy (non-hydrogen) atoms. The molecule has 0 saturated carbocycles. The zero-order valence-electron chi connectivity index (χ0n) is 12.2. The number of nitrogens with one attached hydrogen (secondary N) is 2. The summed E-state index contributed by atoms with van der Waals surface area (Å²) < 4.78 is 32.5. The lowest BCUT2D eigenvalue weighted by Crippen LogP contribution is -2.24. The third-order valence-electron chi connectivity index (χ3n) is 3.27. The molecule has 1 aromatic carbocycles. The van der Waals surface area contributed by atoms with Gasteiger partial charge in [-0.15, -0.1) is 0 Å². The minimum atomic E-state index is -3.55. The van der Waals surface area contributed by atoms with E-state index in [9.17, 15) is 8.42 Å². The molecule has 0 unspecified atom stereocenters. The van der Waals surface area contributed by atoms with Gasteiger partial charge in [-0.25, -0.2) is 13.1 Å². The Kier molecular flexibility index (Phi) is 5.17. The van der Waals surface area contributed by atoms with Crippen LogP contribution in [0.25, 0.3) is 0 Å². The van der Waals surface area contributed by atoms with Crippen molar-refractivity contribution < 1.29 is 12.8 Å². The van der Waals surface area contributed by atoms with Gasteiger partial charge in [0.2, 0.25) is 10.0 Å². The van der Waals surface area contributed by atoms with Gasteiger partial charge in [-0.2, -0.15) is 0 Å². The number of benzene rings is 1. The smallest absolute Gasteiger partial charge is 0.241 e. The van der Waals surface area contributed by atoms with Crippen LogP contribution in [0.5, 0.6) is 0 Å². The predicted molar refractivity (Wildman–Crippen MR) is 81.3 cm³/mol. The first-order valence-electron chi connectivity index (χ1n) is 6.86. The second-order valence-corrected chi connectivity index (χ2v) is 6.46.